The lowest BCUT2D eigenvalue weighted by atomic mass is 10.2. The molecular weight excluding hydrogens is 451 g/mol. The quantitative estimate of drug-likeness (QED) is 0.217. The fourth-order valence-electron chi connectivity index (χ4n) is 3.00. The van der Waals surface area contributed by atoms with Crippen LogP contribution < -0.4 is 5.43 Å². The van der Waals surface area contributed by atoms with Gasteiger partial charge in [0.1, 0.15) is 0 Å². The molecule has 0 bridgehead atoms. The van der Waals surface area contributed by atoms with Crippen LogP contribution in [0.25, 0.3) is 11.0 Å². The molecule has 1 heterocycles. The zero-order chi connectivity index (χ0) is 21.6. The van der Waals surface area contributed by atoms with Gasteiger partial charge in [0.25, 0.3) is 5.91 Å². The van der Waals surface area contributed by atoms with E-state index in [0.29, 0.717) is 16.6 Å². The number of aromatic nitrogens is 2. The van der Waals surface area contributed by atoms with E-state index in [9.17, 15) is 4.79 Å². The summed E-state index contributed by atoms with van der Waals surface area (Å²) in [7, 11) is 0. The van der Waals surface area contributed by atoms with Gasteiger partial charge in [-0.1, -0.05) is 77.4 Å². The molecule has 156 valence electrons. The van der Waals surface area contributed by atoms with Crippen molar-refractivity contribution >= 4 is 58.1 Å². The van der Waals surface area contributed by atoms with Crippen LogP contribution in [-0.4, -0.2) is 27.4 Å². The maximum Gasteiger partial charge on any atom is 0.250 e. The Labute approximate surface area is 194 Å². The Morgan fingerprint density at radius 1 is 1.03 bits per heavy atom. The number of nitrogens with zero attached hydrogens (tertiary/aromatic N) is 3. The van der Waals surface area contributed by atoms with E-state index in [4.69, 9.17) is 28.2 Å². The molecule has 0 aliphatic rings. The summed E-state index contributed by atoms with van der Waals surface area (Å²) < 4.78 is 2.10. The molecule has 0 unspecified atom stereocenters. The molecule has 0 radical (unpaired) electrons. The van der Waals surface area contributed by atoms with E-state index in [1.807, 2.05) is 66.7 Å². The van der Waals surface area contributed by atoms with E-state index in [1.54, 1.807) is 6.07 Å². The van der Waals surface area contributed by atoms with E-state index in [-0.39, 0.29) is 11.7 Å². The van der Waals surface area contributed by atoms with Crippen LogP contribution in [0.3, 0.4) is 0 Å². The predicted molar refractivity (Wildman–Crippen MR) is 128 cm³/mol. The van der Waals surface area contributed by atoms with Gasteiger partial charge in [-0.25, -0.2) is 10.4 Å². The molecule has 4 aromatic rings. The third kappa shape index (κ3) is 5.47. The number of carbonyl (C=O) groups is 1. The first-order chi connectivity index (χ1) is 15.1. The number of hydrazone groups is 1. The molecule has 0 atom stereocenters. The zero-order valence-electron chi connectivity index (χ0n) is 16.3. The van der Waals surface area contributed by atoms with Gasteiger partial charge in [0.05, 0.1) is 29.5 Å². The number of hydrogen-bond acceptors (Lipinski definition) is 4. The summed E-state index contributed by atoms with van der Waals surface area (Å²) in [6, 6.07) is 22.9. The summed E-state index contributed by atoms with van der Waals surface area (Å²) in [4.78, 5) is 17.0. The number of imidazole rings is 1. The fourth-order valence-corrected chi connectivity index (χ4v) is 4.12. The van der Waals surface area contributed by atoms with Gasteiger partial charge in [-0.2, -0.15) is 5.10 Å². The summed E-state index contributed by atoms with van der Waals surface area (Å²) >= 11 is 13.5. The topological polar surface area (TPSA) is 59.3 Å². The van der Waals surface area contributed by atoms with Crippen molar-refractivity contribution in [3.63, 3.8) is 0 Å². The summed E-state index contributed by atoms with van der Waals surface area (Å²) in [5.41, 5.74) is 6.27. The highest BCUT2D eigenvalue weighted by atomic mass is 35.5. The molecule has 1 N–H and O–H groups in total. The smallest absolute Gasteiger partial charge is 0.250 e. The first kappa shape index (κ1) is 21.4. The Morgan fingerprint density at radius 3 is 2.58 bits per heavy atom. The Hall–Kier alpha value is -2.80. The van der Waals surface area contributed by atoms with Crippen LogP contribution in [0.5, 0.6) is 0 Å². The van der Waals surface area contributed by atoms with Gasteiger partial charge in [-0.3, -0.25) is 4.79 Å². The Morgan fingerprint density at radius 2 is 1.77 bits per heavy atom. The van der Waals surface area contributed by atoms with Gasteiger partial charge in [-0.15, -0.1) is 0 Å². The normalized spacial score (nSPS) is 11.3. The molecule has 3 aromatic carbocycles. The van der Waals surface area contributed by atoms with Crippen molar-refractivity contribution in [2.75, 3.05) is 5.75 Å². The van der Waals surface area contributed by atoms with E-state index in [0.717, 1.165) is 27.3 Å². The predicted octanol–water partition coefficient (Wildman–Crippen LogP) is 5.63. The highest BCUT2D eigenvalue weighted by molar-refractivity contribution is 7.99. The van der Waals surface area contributed by atoms with E-state index < -0.39 is 0 Å². The molecule has 1 amide bonds. The number of carbonyl (C=O) groups excluding carboxylic acids is 1. The summed E-state index contributed by atoms with van der Waals surface area (Å²) in [5, 5.41) is 6.03. The third-order valence-electron chi connectivity index (χ3n) is 4.50. The molecule has 0 aliphatic heterocycles. The van der Waals surface area contributed by atoms with E-state index >= 15 is 0 Å². The number of benzene rings is 3. The van der Waals surface area contributed by atoms with Gasteiger partial charge in [0.15, 0.2) is 5.16 Å². The molecule has 1 aromatic heterocycles. The SMILES string of the molecule is O=C(CSc1nc2ccccc2n1Cc1ccc(Cl)cc1)N/N=C\c1ccccc1Cl. The van der Waals surface area contributed by atoms with Crippen LogP contribution in [-0.2, 0) is 11.3 Å². The van der Waals surface area contributed by atoms with Crippen LogP contribution in [0.4, 0.5) is 0 Å². The zero-order valence-corrected chi connectivity index (χ0v) is 18.7. The maximum atomic E-state index is 12.3. The van der Waals surface area contributed by atoms with Crippen LogP contribution in [0.1, 0.15) is 11.1 Å². The van der Waals surface area contributed by atoms with Crippen molar-refractivity contribution in [3.8, 4) is 0 Å². The number of rotatable bonds is 7. The van der Waals surface area contributed by atoms with Crippen molar-refractivity contribution in [3.05, 3.63) is 94.0 Å². The van der Waals surface area contributed by atoms with Crippen LogP contribution in [0.2, 0.25) is 10.0 Å². The maximum absolute atomic E-state index is 12.3. The fraction of sp³-hybridized carbons (Fsp3) is 0.0870. The molecule has 0 fully saturated rings. The lowest BCUT2D eigenvalue weighted by Crippen LogP contribution is -2.20. The van der Waals surface area contributed by atoms with Crippen LogP contribution in [0.15, 0.2) is 83.1 Å². The van der Waals surface area contributed by atoms with Crippen molar-refractivity contribution in [2.24, 2.45) is 5.10 Å². The third-order valence-corrected chi connectivity index (χ3v) is 6.08. The minimum absolute atomic E-state index is 0.184. The van der Waals surface area contributed by atoms with Gasteiger partial charge < -0.3 is 4.57 Å². The number of nitrogens with one attached hydrogen (secondary N) is 1. The lowest BCUT2D eigenvalue weighted by molar-refractivity contribution is -0.118. The number of hydrogen-bond donors (Lipinski definition) is 1. The summed E-state index contributed by atoms with van der Waals surface area (Å²) in [6.45, 7) is 0.631. The number of halogens is 2. The monoisotopic (exact) mass is 468 g/mol. The van der Waals surface area contributed by atoms with Gasteiger partial charge in [-0.05, 0) is 35.9 Å². The molecule has 0 saturated carbocycles. The molecular formula is C23H18Cl2N4OS. The number of para-hydroxylation sites is 2. The van der Waals surface area contributed by atoms with Crippen LogP contribution >= 0.6 is 35.0 Å². The standard InChI is InChI=1S/C23H18Cl2N4OS/c24-18-11-9-16(10-12-18)14-29-21-8-4-3-7-20(21)27-23(29)31-15-22(30)28-26-13-17-5-1-2-6-19(17)25/h1-13H,14-15H2,(H,28,30)/b26-13-. The molecule has 0 aliphatic carbocycles. The minimum Gasteiger partial charge on any atom is -0.314 e. The van der Waals surface area contributed by atoms with Gasteiger partial charge in [0, 0.05) is 15.6 Å². The van der Waals surface area contributed by atoms with E-state index in [2.05, 4.69) is 15.1 Å². The molecule has 0 saturated heterocycles. The highest BCUT2D eigenvalue weighted by Gasteiger charge is 2.13. The molecule has 5 nitrogen and oxygen atoms in total. The molecule has 0 spiro atoms. The minimum atomic E-state index is -0.224. The second kappa shape index (κ2) is 10.0. The van der Waals surface area contributed by atoms with E-state index in [1.165, 1.54) is 18.0 Å². The van der Waals surface area contributed by atoms with Crippen molar-refractivity contribution < 1.29 is 4.79 Å². The number of thioether (sulfide) groups is 1. The second-order valence-corrected chi connectivity index (χ2v) is 8.49. The largest absolute Gasteiger partial charge is 0.314 e. The first-order valence-electron chi connectivity index (χ1n) is 9.49. The van der Waals surface area contributed by atoms with Crippen molar-refractivity contribution in [1.82, 2.24) is 15.0 Å². The van der Waals surface area contributed by atoms with Crippen molar-refractivity contribution in [1.29, 1.82) is 0 Å². The lowest BCUT2D eigenvalue weighted by Gasteiger charge is -2.09. The Balaban J connectivity index is 1.46. The molecule has 31 heavy (non-hydrogen) atoms. The second-order valence-electron chi connectivity index (χ2n) is 6.70. The average Bonchev–Trinajstić information content (AvgIpc) is 3.12. The Kier molecular flexibility index (Phi) is 6.92. The van der Waals surface area contributed by atoms with Gasteiger partial charge in [0.2, 0.25) is 0 Å². The molecule has 8 heteroatoms. The summed E-state index contributed by atoms with van der Waals surface area (Å²) in [5.74, 6) is -0.0394. The highest BCUT2D eigenvalue weighted by Crippen LogP contribution is 2.25. The summed E-state index contributed by atoms with van der Waals surface area (Å²) in [6.07, 6.45) is 1.53. The van der Waals surface area contributed by atoms with Gasteiger partial charge >= 0.3 is 0 Å². The average molecular weight is 469 g/mol. The first-order valence-corrected chi connectivity index (χ1v) is 11.2. The van der Waals surface area contributed by atoms with Crippen molar-refractivity contribution in [2.45, 2.75) is 11.7 Å². The number of amides is 1. The molecule has 4 rings (SSSR count). The Bertz CT molecular complexity index is 1240. The number of fused-ring (bicyclic) bond motifs is 1. The van der Waals surface area contributed by atoms with Crippen LogP contribution in [0, 0.1) is 0 Å².